The molecule has 0 aliphatic carbocycles. The second-order valence-corrected chi connectivity index (χ2v) is 4.87. The van der Waals surface area contributed by atoms with Crippen molar-refractivity contribution in [3.63, 3.8) is 0 Å². The van der Waals surface area contributed by atoms with E-state index in [1.54, 1.807) is 13.1 Å². The third-order valence-corrected chi connectivity index (χ3v) is 3.28. The number of pyridine rings is 1. The first kappa shape index (κ1) is 15.8. The number of anilines is 1. The number of aromatic nitrogens is 2. The fourth-order valence-electron chi connectivity index (χ4n) is 2.25. The lowest BCUT2D eigenvalue weighted by atomic mass is 10.1. The first-order chi connectivity index (χ1) is 10.5. The maximum absolute atomic E-state index is 12.0. The van der Waals surface area contributed by atoms with E-state index in [2.05, 4.69) is 20.5 Å². The molecule has 0 saturated heterocycles. The SMILES string of the molecule is CCOC(=O)c1c(C)[nH]c(/C(C)=N/Nc2ccccn2)c1C. The average molecular weight is 300 g/mol. The molecule has 0 aliphatic rings. The van der Waals surface area contributed by atoms with E-state index in [0.29, 0.717) is 18.0 Å². The molecule has 2 N–H and O–H groups in total. The van der Waals surface area contributed by atoms with Crippen LogP contribution in [0.4, 0.5) is 5.82 Å². The monoisotopic (exact) mass is 300 g/mol. The number of nitrogens with zero attached hydrogens (tertiary/aromatic N) is 2. The van der Waals surface area contributed by atoms with Gasteiger partial charge in [0.05, 0.1) is 23.6 Å². The predicted octanol–water partition coefficient (Wildman–Crippen LogP) is 3.04. The van der Waals surface area contributed by atoms with Crippen molar-refractivity contribution in [1.82, 2.24) is 9.97 Å². The number of hydrazone groups is 1. The van der Waals surface area contributed by atoms with Crippen molar-refractivity contribution in [2.75, 3.05) is 12.0 Å². The Morgan fingerprint density at radius 3 is 2.82 bits per heavy atom. The Balaban J connectivity index is 2.25. The van der Waals surface area contributed by atoms with Crippen molar-refractivity contribution in [1.29, 1.82) is 0 Å². The van der Waals surface area contributed by atoms with Crippen LogP contribution in [0.25, 0.3) is 0 Å². The lowest BCUT2D eigenvalue weighted by Gasteiger charge is -2.04. The molecule has 0 amide bonds. The van der Waals surface area contributed by atoms with Gasteiger partial charge in [0.2, 0.25) is 0 Å². The third-order valence-electron chi connectivity index (χ3n) is 3.28. The quantitative estimate of drug-likeness (QED) is 0.505. The number of carbonyl (C=O) groups excluding carboxylic acids is 1. The molecule has 0 radical (unpaired) electrons. The number of nitrogens with one attached hydrogen (secondary N) is 2. The number of ether oxygens (including phenoxy) is 1. The molecule has 6 nitrogen and oxygen atoms in total. The summed E-state index contributed by atoms with van der Waals surface area (Å²) in [5.41, 5.74) is 6.62. The van der Waals surface area contributed by atoms with Crippen molar-refractivity contribution >= 4 is 17.5 Å². The zero-order valence-corrected chi connectivity index (χ0v) is 13.2. The second kappa shape index (κ2) is 6.89. The molecule has 2 heterocycles. The van der Waals surface area contributed by atoms with Gasteiger partial charge in [-0.05, 0) is 45.4 Å². The lowest BCUT2D eigenvalue weighted by Crippen LogP contribution is -2.07. The fraction of sp³-hybridized carbons (Fsp3) is 0.312. The van der Waals surface area contributed by atoms with Gasteiger partial charge in [0.25, 0.3) is 0 Å². The van der Waals surface area contributed by atoms with Crippen LogP contribution in [0, 0.1) is 13.8 Å². The highest BCUT2D eigenvalue weighted by molar-refractivity contribution is 6.03. The van der Waals surface area contributed by atoms with Gasteiger partial charge in [-0.1, -0.05) is 6.07 Å². The van der Waals surface area contributed by atoms with E-state index in [4.69, 9.17) is 4.74 Å². The van der Waals surface area contributed by atoms with Gasteiger partial charge in [-0.3, -0.25) is 5.43 Å². The molecule has 0 unspecified atom stereocenters. The van der Waals surface area contributed by atoms with Crippen LogP contribution in [0.1, 0.15) is 41.2 Å². The molecule has 2 aromatic rings. The molecule has 2 rings (SSSR count). The number of rotatable bonds is 5. The summed E-state index contributed by atoms with van der Waals surface area (Å²) < 4.78 is 5.09. The third kappa shape index (κ3) is 3.33. The number of hydrogen-bond donors (Lipinski definition) is 2. The zero-order valence-electron chi connectivity index (χ0n) is 13.2. The maximum atomic E-state index is 12.0. The van der Waals surface area contributed by atoms with Gasteiger partial charge in [-0.2, -0.15) is 5.10 Å². The van der Waals surface area contributed by atoms with Gasteiger partial charge in [-0.15, -0.1) is 0 Å². The topological polar surface area (TPSA) is 79.4 Å². The Bertz CT molecular complexity index is 690. The van der Waals surface area contributed by atoms with Gasteiger partial charge in [0, 0.05) is 11.9 Å². The maximum Gasteiger partial charge on any atom is 0.340 e. The van der Waals surface area contributed by atoms with Crippen LogP contribution < -0.4 is 5.43 Å². The standard InChI is InChI=1S/C16H20N4O2/c1-5-22-16(21)14-10(2)15(18-11(14)3)12(4)19-20-13-8-6-7-9-17-13/h6-9,18H,5H2,1-4H3,(H,17,20)/b19-12+. The normalized spacial score (nSPS) is 11.4. The largest absolute Gasteiger partial charge is 0.462 e. The Hall–Kier alpha value is -2.63. The van der Waals surface area contributed by atoms with E-state index in [1.807, 2.05) is 39.0 Å². The van der Waals surface area contributed by atoms with Crippen molar-refractivity contribution in [3.8, 4) is 0 Å². The number of hydrogen-bond acceptors (Lipinski definition) is 5. The van der Waals surface area contributed by atoms with Crippen LogP contribution in [0.15, 0.2) is 29.5 Å². The molecule has 0 saturated carbocycles. The second-order valence-electron chi connectivity index (χ2n) is 4.87. The first-order valence-electron chi connectivity index (χ1n) is 7.12. The van der Waals surface area contributed by atoms with E-state index in [-0.39, 0.29) is 5.97 Å². The highest BCUT2D eigenvalue weighted by Crippen LogP contribution is 2.20. The smallest absolute Gasteiger partial charge is 0.340 e. The average Bonchev–Trinajstić information content (AvgIpc) is 2.81. The minimum Gasteiger partial charge on any atom is -0.462 e. The Morgan fingerprint density at radius 2 is 2.18 bits per heavy atom. The molecule has 6 heteroatoms. The van der Waals surface area contributed by atoms with Crippen molar-refractivity contribution in [3.05, 3.63) is 46.9 Å². The highest BCUT2D eigenvalue weighted by Gasteiger charge is 2.20. The molecule has 116 valence electrons. The van der Waals surface area contributed by atoms with Crippen molar-refractivity contribution < 1.29 is 9.53 Å². The van der Waals surface area contributed by atoms with Crippen LogP contribution in [0.5, 0.6) is 0 Å². The molecule has 22 heavy (non-hydrogen) atoms. The van der Waals surface area contributed by atoms with Crippen LogP contribution in [0.3, 0.4) is 0 Å². The van der Waals surface area contributed by atoms with E-state index in [0.717, 1.165) is 22.7 Å². The highest BCUT2D eigenvalue weighted by atomic mass is 16.5. The van der Waals surface area contributed by atoms with Gasteiger partial charge < -0.3 is 9.72 Å². The Labute approximate surface area is 129 Å². The zero-order chi connectivity index (χ0) is 16.1. The molecule has 0 spiro atoms. The summed E-state index contributed by atoms with van der Waals surface area (Å²) >= 11 is 0. The summed E-state index contributed by atoms with van der Waals surface area (Å²) in [6, 6.07) is 5.54. The van der Waals surface area contributed by atoms with Gasteiger partial charge in [-0.25, -0.2) is 9.78 Å². The molecule has 0 fully saturated rings. The van der Waals surface area contributed by atoms with Crippen molar-refractivity contribution in [2.24, 2.45) is 5.10 Å². The molecule has 0 aromatic carbocycles. The summed E-state index contributed by atoms with van der Waals surface area (Å²) in [7, 11) is 0. The predicted molar refractivity (Wildman–Crippen MR) is 86.3 cm³/mol. The number of H-pyrrole nitrogens is 1. The van der Waals surface area contributed by atoms with Gasteiger partial charge in [0.15, 0.2) is 0 Å². The minimum atomic E-state index is -0.314. The summed E-state index contributed by atoms with van der Waals surface area (Å²) in [5.74, 6) is 0.346. The number of aromatic amines is 1. The summed E-state index contributed by atoms with van der Waals surface area (Å²) in [4.78, 5) is 19.3. The summed E-state index contributed by atoms with van der Waals surface area (Å²) in [6.07, 6.45) is 1.69. The molecule has 0 bridgehead atoms. The molecular formula is C16H20N4O2. The summed E-state index contributed by atoms with van der Waals surface area (Å²) in [6.45, 7) is 7.74. The van der Waals surface area contributed by atoms with E-state index in [9.17, 15) is 4.79 Å². The molecule has 2 aromatic heterocycles. The molecular weight excluding hydrogens is 280 g/mol. The number of esters is 1. The Morgan fingerprint density at radius 1 is 1.41 bits per heavy atom. The first-order valence-corrected chi connectivity index (χ1v) is 7.12. The van der Waals surface area contributed by atoms with Crippen LogP contribution in [-0.2, 0) is 4.74 Å². The van der Waals surface area contributed by atoms with E-state index in [1.165, 1.54) is 0 Å². The van der Waals surface area contributed by atoms with Crippen LogP contribution >= 0.6 is 0 Å². The minimum absolute atomic E-state index is 0.314. The number of aryl methyl sites for hydroxylation is 1. The van der Waals surface area contributed by atoms with Gasteiger partial charge >= 0.3 is 5.97 Å². The van der Waals surface area contributed by atoms with E-state index >= 15 is 0 Å². The molecule has 0 aliphatic heterocycles. The van der Waals surface area contributed by atoms with Gasteiger partial charge in [0.1, 0.15) is 5.82 Å². The Kier molecular flexibility index (Phi) is 4.93. The fourth-order valence-corrected chi connectivity index (χ4v) is 2.25. The van der Waals surface area contributed by atoms with E-state index < -0.39 is 0 Å². The lowest BCUT2D eigenvalue weighted by molar-refractivity contribution is 0.0525. The van der Waals surface area contributed by atoms with Crippen LogP contribution in [-0.4, -0.2) is 28.3 Å². The molecule has 0 atom stereocenters. The summed E-state index contributed by atoms with van der Waals surface area (Å²) in [5, 5.41) is 4.31. The number of carbonyl (C=O) groups is 1. The van der Waals surface area contributed by atoms with Crippen LogP contribution in [0.2, 0.25) is 0 Å². The van der Waals surface area contributed by atoms with Crippen molar-refractivity contribution in [2.45, 2.75) is 27.7 Å².